The molecule has 0 atom stereocenters. The van der Waals surface area contributed by atoms with Gasteiger partial charge in [0.2, 0.25) is 0 Å². The molecule has 0 aliphatic rings. The average molecular weight is 990 g/mol. The SMILES string of the molecule is CN(C)Cc1[c-]cc([Si](C)(C)CCC[Si](CCC[Si](C)(C)c2c[c-]c(CN(C)C)cc2)(CCC[Si](C)(C)c2c[c-]c(CN(C)C)cc2)CCC[Si](C)(C)c2c[c-]c(CN(C)C)cc2)cc1.[Li+].[Li+].[Li+].[Li+]. The van der Waals surface area contributed by atoms with Crippen molar-refractivity contribution in [3.05, 3.63) is 119 Å². The molecule has 4 rings (SSSR count). The van der Waals surface area contributed by atoms with Gasteiger partial charge in [-0.2, -0.15) is 118 Å². The molecule has 0 saturated heterocycles. The first-order valence-corrected chi connectivity index (χ1v) is 40.7. The maximum atomic E-state index is 3.68. The van der Waals surface area contributed by atoms with Gasteiger partial charge in [-0.25, -0.2) is 0 Å². The van der Waals surface area contributed by atoms with Crippen molar-refractivity contribution in [3.8, 4) is 0 Å². The van der Waals surface area contributed by atoms with E-state index in [1.54, 1.807) is 20.7 Å². The van der Waals surface area contributed by atoms with Crippen LogP contribution in [-0.4, -0.2) is 116 Å². The number of nitrogens with zero attached hydrogens (tertiary/aromatic N) is 4. The monoisotopic (exact) mass is 989 g/mol. The third kappa shape index (κ3) is 23.7. The van der Waals surface area contributed by atoms with E-state index >= 15 is 0 Å². The molecule has 0 unspecified atom stereocenters. The molecule has 0 fully saturated rings. The first-order chi connectivity index (χ1) is 30.4. The third-order valence-corrected chi connectivity index (χ3v) is 34.2. The molecule has 0 amide bonds. The summed E-state index contributed by atoms with van der Waals surface area (Å²) in [6.45, 7) is 24.8. The Labute approximate surface area is 479 Å². The van der Waals surface area contributed by atoms with Crippen molar-refractivity contribution in [1.82, 2.24) is 19.6 Å². The second kappa shape index (κ2) is 31.9. The van der Waals surface area contributed by atoms with Gasteiger partial charge in [0.15, 0.2) is 0 Å². The normalized spacial score (nSPS) is 12.5. The molecule has 360 valence electrons. The predicted molar refractivity (Wildman–Crippen MR) is 302 cm³/mol. The van der Waals surface area contributed by atoms with Gasteiger partial charge >= 0.3 is 75.4 Å². The van der Waals surface area contributed by atoms with Gasteiger partial charge in [-0.15, -0.1) is 22.3 Å². The van der Waals surface area contributed by atoms with Gasteiger partial charge in [0.1, 0.15) is 0 Å². The first kappa shape index (κ1) is 69.2. The minimum Gasteiger partial charge on any atom is -0.307 e. The predicted octanol–water partition coefficient (Wildman–Crippen LogP) is -1.08. The zero-order valence-corrected chi connectivity index (χ0v) is 53.5. The van der Waals surface area contributed by atoms with Crippen molar-refractivity contribution in [3.63, 3.8) is 0 Å². The van der Waals surface area contributed by atoms with E-state index in [9.17, 15) is 0 Å². The molecule has 0 bridgehead atoms. The van der Waals surface area contributed by atoms with Crippen LogP contribution in [0.2, 0.25) is 101 Å². The molecule has 0 aliphatic carbocycles. The van der Waals surface area contributed by atoms with Crippen LogP contribution < -0.4 is 96.2 Å². The molecule has 4 aromatic rings. The number of rotatable bonds is 28. The standard InChI is InChI=1S/C56H92N4Si5.4Li/c1-57(2)45-49-21-29-53(30-22-49)61(9,10)37-17-41-65(42-18-38-62(11,12)54-31-23-50(24-32-54)46-58(3)4,43-19-39-63(13,14)55-33-25-51(26-34-55)47-59(5)6)44-20-40-64(15,16)56-35-27-52(28-36-56)48-60(7)8;;;;/h21,23,25,27,29-36H,17-20,37-48H2,1-16H3;;;;/q-4;4*+1. The Balaban J connectivity index is 0.0000116. The van der Waals surface area contributed by atoms with E-state index in [1.165, 1.54) is 96.3 Å². The van der Waals surface area contributed by atoms with Gasteiger partial charge in [-0.05, 0) is 56.4 Å². The van der Waals surface area contributed by atoms with E-state index in [0.29, 0.717) is 0 Å². The van der Waals surface area contributed by atoms with Crippen LogP contribution in [0.25, 0.3) is 0 Å². The minimum atomic E-state index is -1.67. The Bertz CT molecular complexity index is 1700. The van der Waals surface area contributed by atoms with E-state index in [0.717, 1.165) is 26.2 Å². The van der Waals surface area contributed by atoms with Gasteiger partial charge in [0.25, 0.3) is 0 Å². The number of hydrogen-bond acceptors (Lipinski definition) is 4. The molecule has 0 saturated carbocycles. The maximum Gasteiger partial charge on any atom is 1.00 e. The van der Waals surface area contributed by atoms with Crippen LogP contribution in [0.4, 0.5) is 0 Å². The fraction of sp³-hybridized carbons (Fsp3) is 0.571. The Kier molecular flexibility index (Phi) is 32.0. The van der Waals surface area contributed by atoms with E-state index in [2.05, 4.69) is 225 Å². The number of benzene rings is 4. The molecule has 0 radical (unpaired) electrons. The summed E-state index contributed by atoms with van der Waals surface area (Å²) >= 11 is 0. The van der Waals surface area contributed by atoms with Crippen LogP contribution in [-0.2, 0) is 26.2 Å². The summed E-state index contributed by atoms with van der Waals surface area (Å²) in [5.74, 6) is 0. The Morgan fingerprint density at radius 3 is 0.638 bits per heavy atom. The fourth-order valence-electron chi connectivity index (χ4n) is 10.2. The molecule has 0 spiro atoms. The molecule has 4 aromatic carbocycles. The van der Waals surface area contributed by atoms with Crippen molar-refractivity contribution in [2.45, 2.75) is 153 Å². The van der Waals surface area contributed by atoms with E-state index in [4.69, 9.17) is 0 Å². The zero-order chi connectivity index (χ0) is 48.1. The van der Waals surface area contributed by atoms with Crippen LogP contribution in [0.15, 0.2) is 72.8 Å². The van der Waals surface area contributed by atoms with Gasteiger partial charge in [-0.1, -0.05) is 126 Å². The van der Waals surface area contributed by atoms with Gasteiger partial charge in [-0.3, -0.25) is 0 Å². The second-order valence-electron chi connectivity index (χ2n) is 23.8. The van der Waals surface area contributed by atoms with Gasteiger partial charge in [0.05, 0.1) is 8.07 Å². The zero-order valence-electron chi connectivity index (χ0n) is 48.5. The van der Waals surface area contributed by atoms with Crippen LogP contribution in [0, 0.1) is 24.3 Å². The topological polar surface area (TPSA) is 13.0 Å². The van der Waals surface area contributed by atoms with Crippen LogP contribution >= 0.6 is 0 Å². The molecule has 0 aliphatic heterocycles. The quantitative estimate of drug-likeness (QED) is 0.0532. The smallest absolute Gasteiger partial charge is 0.307 e. The van der Waals surface area contributed by atoms with E-state index in [1.807, 2.05) is 0 Å². The second-order valence-corrected chi connectivity index (χ2v) is 48.2. The van der Waals surface area contributed by atoms with Gasteiger partial charge < -0.3 is 19.6 Å². The van der Waals surface area contributed by atoms with Crippen molar-refractivity contribution >= 4 is 61.1 Å². The van der Waals surface area contributed by atoms with Crippen molar-refractivity contribution in [2.24, 2.45) is 0 Å². The van der Waals surface area contributed by atoms with Gasteiger partial charge in [0, 0.05) is 58.5 Å². The number of hydrogen-bond donors (Lipinski definition) is 0. The molecule has 13 heteroatoms. The largest absolute Gasteiger partial charge is 1.00 e. The van der Waals surface area contributed by atoms with Crippen molar-refractivity contribution in [1.29, 1.82) is 0 Å². The molecule has 0 N–H and O–H groups in total. The molecular weight excluding hydrogens is 897 g/mol. The summed E-state index contributed by atoms with van der Waals surface area (Å²) in [6, 6.07) is 54.9. The fourth-order valence-corrected chi connectivity index (χ4v) is 26.2. The molecule has 0 aromatic heterocycles. The summed E-state index contributed by atoms with van der Waals surface area (Å²) in [4.78, 5) is 8.99. The summed E-state index contributed by atoms with van der Waals surface area (Å²) in [5, 5.41) is 6.32. The van der Waals surface area contributed by atoms with E-state index < -0.39 is 40.4 Å². The summed E-state index contributed by atoms with van der Waals surface area (Å²) in [5.41, 5.74) is 5.19. The molecule has 0 heterocycles. The third-order valence-electron chi connectivity index (χ3n) is 14.6. The molecule has 69 heavy (non-hydrogen) atoms. The summed E-state index contributed by atoms with van der Waals surface area (Å²) in [6.07, 6.45) is 5.56. The van der Waals surface area contributed by atoms with Crippen molar-refractivity contribution < 1.29 is 75.4 Å². The molecule has 4 nitrogen and oxygen atoms in total. The first-order valence-electron chi connectivity index (χ1n) is 25.0. The summed E-state index contributed by atoms with van der Waals surface area (Å²) < 4.78 is 0. The van der Waals surface area contributed by atoms with Crippen molar-refractivity contribution in [2.75, 3.05) is 56.4 Å². The Morgan fingerprint density at radius 1 is 0.304 bits per heavy atom. The van der Waals surface area contributed by atoms with E-state index in [-0.39, 0.29) is 75.4 Å². The Hall–Kier alpha value is 0.194. The maximum absolute atomic E-state index is 3.68. The van der Waals surface area contributed by atoms with Crippen LogP contribution in [0.1, 0.15) is 47.9 Å². The summed E-state index contributed by atoms with van der Waals surface area (Å²) in [7, 11) is 9.04. The average Bonchev–Trinajstić information content (AvgIpc) is 3.20. The Morgan fingerprint density at radius 2 is 0.493 bits per heavy atom. The van der Waals surface area contributed by atoms with Crippen LogP contribution in [0.5, 0.6) is 0 Å². The minimum absolute atomic E-state index is 0. The van der Waals surface area contributed by atoms with Crippen LogP contribution in [0.3, 0.4) is 0 Å². The molecular formula is C56H92Li4N4Si5.